The highest BCUT2D eigenvalue weighted by molar-refractivity contribution is 7.22. The molecule has 1 heterocycles. The summed E-state index contributed by atoms with van der Waals surface area (Å²) in [5.74, 6) is 0.494. The number of thiazole rings is 1. The molecule has 20 heavy (non-hydrogen) atoms. The number of anilines is 2. The van der Waals surface area contributed by atoms with Crippen molar-refractivity contribution in [2.24, 2.45) is 5.92 Å². The topological polar surface area (TPSA) is 77.2 Å². The van der Waals surface area contributed by atoms with Gasteiger partial charge in [0.15, 0.2) is 5.13 Å². The van der Waals surface area contributed by atoms with Gasteiger partial charge in [0, 0.05) is 5.69 Å². The van der Waals surface area contributed by atoms with E-state index < -0.39 is 6.10 Å². The van der Waals surface area contributed by atoms with Crippen LogP contribution in [0.5, 0.6) is 0 Å². The zero-order valence-electron chi connectivity index (χ0n) is 11.3. The highest BCUT2D eigenvalue weighted by atomic mass is 32.1. The summed E-state index contributed by atoms with van der Waals surface area (Å²) in [7, 11) is 0. The fourth-order valence-electron chi connectivity index (χ4n) is 1.84. The van der Waals surface area contributed by atoms with Crippen molar-refractivity contribution in [3.05, 3.63) is 18.2 Å². The molecule has 0 radical (unpaired) electrons. The van der Waals surface area contributed by atoms with Gasteiger partial charge in [-0.25, -0.2) is 4.98 Å². The number of carbonyl (C=O) groups is 1. The van der Waals surface area contributed by atoms with Crippen LogP contribution in [-0.4, -0.2) is 23.6 Å². The Kier molecular flexibility index (Phi) is 3.58. The Morgan fingerprint density at radius 2 is 2.40 bits per heavy atom. The first-order valence-electron chi connectivity index (χ1n) is 6.70. The second kappa shape index (κ2) is 5.38. The first-order chi connectivity index (χ1) is 9.61. The molecule has 1 aromatic heterocycles. The van der Waals surface area contributed by atoms with Gasteiger partial charge in [-0.2, -0.15) is 0 Å². The van der Waals surface area contributed by atoms with Crippen molar-refractivity contribution < 1.29 is 9.53 Å². The Morgan fingerprint density at radius 3 is 3.15 bits per heavy atom. The van der Waals surface area contributed by atoms with Crippen molar-refractivity contribution in [1.29, 1.82) is 0 Å². The summed E-state index contributed by atoms with van der Waals surface area (Å²) >= 11 is 1.42. The fraction of sp³-hybridized carbons (Fsp3) is 0.429. The highest BCUT2D eigenvalue weighted by Gasteiger charge is 2.24. The first kappa shape index (κ1) is 13.3. The van der Waals surface area contributed by atoms with Crippen molar-refractivity contribution in [3.8, 4) is 0 Å². The van der Waals surface area contributed by atoms with Gasteiger partial charge < -0.3 is 10.5 Å². The van der Waals surface area contributed by atoms with Crippen LogP contribution < -0.4 is 11.1 Å². The maximum absolute atomic E-state index is 12.0. The number of fused-ring (bicyclic) bond motifs is 1. The molecule has 0 spiro atoms. The number of aromatic nitrogens is 1. The molecule has 3 N–H and O–H groups in total. The monoisotopic (exact) mass is 291 g/mol. The minimum atomic E-state index is -0.451. The third-order valence-electron chi connectivity index (χ3n) is 3.29. The van der Waals surface area contributed by atoms with Gasteiger partial charge in [-0.1, -0.05) is 11.3 Å². The van der Waals surface area contributed by atoms with Crippen LogP contribution in [0.25, 0.3) is 10.2 Å². The van der Waals surface area contributed by atoms with Gasteiger partial charge in [0.2, 0.25) is 0 Å². The number of rotatable bonds is 5. The molecule has 0 bridgehead atoms. The summed E-state index contributed by atoms with van der Waals surface area (Å²) in [6, 6.07) is 5.51. The normalized spacial score (nSPS) is 16.2. The van der Waals surface area contributed by atoms with Crippen LogP contribution in [0, 0.1) is 5.92 Å². The number of carbonyl (C=O) groups excluding carboxylic acids is 1. The minimum absolute atomic E-state index is 0.155. The molecule has 2 aromatic rings. The van der Waals surface area contributed by atoms with Crippen LogP contribution in [0.1, 0.15) is 19.8 Å². The van der Waals surface area contributed by atoms with Crippen LogP contribution in [-0.2, 0) is 9.53 Å². The van der Waals surface area contributed by atoms with Gasteiger partial charge in [0.05, 0.1) is 16.8 Å². The zero-order valence-corrected chi connectivity index (χ0v) is 12.1. The van der Waals surface area contributed by atoms with Crippen LogP contribution in [0.2, 0.25) is 0 Å². The molecule has 1 aliphatic carbocycles. The van der Waals surface area contributed by atoms with Gasteiger partial charge in [0.25, 0.3) is 5.91 Å². The molecule has 1 aromatic carbocycles. The quantitative estimate of drug-likeness (QED) is 0.830. The number of nitrogens with zero attached hydrogens (tertiary/aromatic N) is 1. The summed E-state index contributed by atoms with van der Waals surface area (Å²) < 4.78 is 6.50. The minimum Gasteiger partial charge on any atom is -0.399 e. The van der Waals surface area contributed by atoms with Crippen molar-refractivity contribution in [1.82, 2.24) is 4.98 Å². The van der Waals surface area contributed by atoms with Gasteiger partial charge in [-0.05, 0) is 43.9 Å². The molecule has 6 heteroatoms. The number of nitrogens with one attached hydrogen (secondary N) is 1. The maximum atomic E-state index is 12.0. The Bertz CT molecular complexity index is 636. The van der Waals surface area contributed by atoms with Crippen LogP contribution >= 0.6 is 11.3 Å². The van der Waals surface area contributed by atoms with E-state index >= 15 is 0 Å². The highest BCUT2D eigenvalue weighted by Crippen LogP contribution is 2.30. The van der Waals surface area contributed by atoms with E-state index in [9.17, 15) is 4.79 Å². The Balaban J connectivity index is 1.63. The SMILES string of the molecule is CC(OCC1CC1)C(=O)Nc1nc2ccc(N)cc2s1. The third-order valence-corrected chi connectivity index (χ3v) is 4.22. The molecule has 3 rings (SSSR count). The lowest BCUT2D eigenvalue weighted by molar-refractivity contribution is -0.126. The summed E-state index contributed by atoms with van der Waals surface area (Å²) in [6.45, 7) is 2.44. The number of hydrogen-bond acceptors (Lipinski definition) is 5. The summed E-state index contributed by atoms with van der Waals surface area (Å²) in [5, 5.41) is 3.38. The molecule has 1 aliphatic rings. The average Bonchev–Trinajstić information content (AvgIpc) is 3.16. The number of hydrogen-bond donors (Lipinski definition) is 2. The lowest BCUT2D eigenvalue weighted by Crippen LogP contribution is -2.28. The molecule has 1 saturated carbocycles. The molecule has 5 nitrogen and oxygen atoms in total. The molecule has 106 valence electrons. The smallest absolute Gasteiger partial charge is 0.254 e. The Hall–Kier alpha value is -1.66. The summed E-state index contributed by atoms with van der Waals surface area (Å²) in [5.41, 5.74) is 7.26. The van der Waals surface area contributed by atoms with Crippen molar-refractivity contribution >= 4 is 38.3 Å². The van der Waals surface area contributed by atoms with E-state index in [-0.39, 0.29) is 5.91 Å². The van der Waals surface area contributed by atoms with Crippen molar-refractivity contribution in [3.63, 3.8) is 0 Å². The van der Waals surface area contributed by atoms with E-state index in [1.807, 2.05) is 12.1 Å². The number of ether oxygens (including phenoxy) is 1. The second-order valence-electron chi connectivity index (χ2n) is 5.15. The molecule has 1 amide bonds. The molecule has 1 fully saturated rings. The average molecular weight is 291 g/mol. The first-order valence-corrected chi connectivity index (χ1v) is 7.52. The predicted molar refractivity (Wildman–Crippen MR) is 80.8 cm³/mol. The molecule has 1 unspecified atom stereocenters. The van der Waals surface area contributed by atoms with Gasteiger partial charge in [-0.3, -0.25) is 10.1 Å². The van der Waals surface area contributed by atoms with Crippen molar-refractivity contribution in [2.45, 2.75) is 25.9 Å². The van der Waals surface area contributed by atoms with E-state index in [4.69, 9.17) is 10.5 Å². The molecule has 1 atom stereocenters. The van der Waals surface area contributed by atoms with Crippen LogP contribution in [0.15, 0.2) is 18.2 Å². The van der Waals surface area contributed by atoms with Gasteiger partial charge >= 0.3 is 0 Å². The molecular weight excluding hydrogens is 274 g/mol. The van der Waals surface area contributed by atoms with E-state index in [1.165, 1.54) is 24.2 Å². The van der Waals surface area contributed by atoms with Gasteiger partial charge in [0.1, 0.15) is 6.10 Å². The van der Waals surface area contributed by atoms with Crippen LogP contribution in [0.3, 0.4) is 0 Å². The number of nitrogen functional groups attached to an aromatic ring is 1. The summed E-state index contributed by atoms with van der Waals surface area (Å²) in [4.78, 5) is 16.4. The number of amides is 1. The maximum Gasteiger partial charge on any atom is 0.254 e. The fourth-order valence-corrected chi connectivity index (χ4v) is 2.76. The lowest BCUT2D eigenvalue weighted by atomic mass is 10.3. The largest absolute Gasteiger partial charge is 0.399 e. The zero-order chi connectivity index (χ0) is 14.1. The molecule has 0 aliphatic heterocycles. The number of benzene rings is 1. The van der Waals surface area contributed by atoms with Crippen LogP contribution in [0.4, 0.5) is 10.8 Å². The number of nitrogens with two attached hydrogens (primary N) is 1. The van der Waals surface area contributed by atoms with Gasteiger partial charge in [-0.15, -0.1) is 0 Å². The lowest BCUT2D eigenvalue weighted by Gasteiger charge is -2.11. The third kappa shape index (κ3) is 3.08. The Labute approximate surface area is 121 Å². The Morgan fingerprint density at radius 1 is 1.60 bits per heavy atom. The molecule has 0 saturated heterocycles. The van der Waals surface area contributed by atoms with E-state index in [0.717, 1.165) is 10.2 Å². The summed E-state index contributed by atoms with van der Waals surface area (Å²) in [6.07, 6.45) is 1.98. The second-order valence-corrected chi connectivity index (χ2v) is 6.19. The predicted octanol–water partition coefficient (Wildman–Crippen LogP) is 2.63. The van der Waals surface area contributed by atoms with E-state index in [1.54, 1.807) is 13.0 Å². The standard InChI is InChI=1S/C14H17N3O2S/c1-8(19-7-9-2-3-9)13(18)17-14-16-11-5-4-10(15)6-12(11)20-14/h4-6,8-9H,2-3,7,15H2,1H3,(H,16,17,18). The van der Waals surface area contributed by atoms with E-state index in [2.05, 4.69) is 10.3 Å². The van der Waals surface area contributed by atoms with E-state index in [0.29, 0.717) is 23.3 Å². The van der Waals surface area contributed by atoms with Crippen molar-refractivity contribution in [2.75, 3.05) is 17.7 Å². The molecular formula is C14H17N3O2S.